The van der Waals surface area contributed by atoms with Crippen molar-refractivity contribution in [2.24, 2.45) is 10.9 Å². The van der Waals surface area contributed by atoms with E-state index in [2.05, 4.69) is 34.4 Å². The van der Waals surface area contributed by atoms with Gasteiger partial charge in [0.2, 0.25) is 0 Å². The Hall–Kier alpha value is -1.99. The van der Waals surface area contributed by atoms with E-state index in [1.807, 2.05) is 18.2 Å². The summed E-state index contributed by atoms with van der Waals surface area (Å²) < 4.78 is 16.2. The number of nitrogens with zero attached hydrogens (tertiary/aromatic N) is 2. The van der Waals surface area contributed by atoms with Crippen LogP contribution in [0, 0.1) is 5.92 Å². The van der Waals surface area contributed by atoms with Gasteiger partial charge in [-0.1, -0.05) is 13.8 Å². The number of morpholine rings is 1. The van der Waals surface area contributed by atoms with Gasteiger partial charge in [-0.2, -0.15) is 0 Å². The Bertz CT molecular complexity index is 601. The van der Waals surface area contributed by atoms with Gasteiger partial charge in [0.05, 0.1) is 27.4 Å². The predicted octanol–water partition coefficient (Wildman–Crippen LogP) is 2.44. The monoisotopic (exact) mass is 378 g/mol. The highest BCUT2D eigenvalue weighted by Crippen LogP contribution is 2.29. The molecule has 7 nitrogen and oxygen atoms in total. The molecule has 1 aliphatic rings. The van der Waals surface area contributed by atoms with Crippen LogP contribution in [-0.4, -0.2) is 71.0 Å². The predicted molar refractivity (Wildman–Crippen MR) is 110 cm³/mol. The van der Waals surface area contributed by atoms with Gasteiger partial charge < -0.3 is 24.8 Å². The maximum atomic E-state index is 5.50. The van der Waals surface area contributed by atoms with Gasteiger partial charge in [-0.25, -0.2) is 0 Å². The largest absolute Gasteiger partial charge is 0.493 e. The summed E-state index contributed by atoms with van der Waals surface area (Å²) in [6.07, 6.45) is 1.14. The maximum absolute atomic E-state index is 5.50. The van der Waals surface area contributed by atoms with E-state index in [1.165, 1.54) is 0 Å². The standard InChI is InChI=1S/C20H34N4O3/c1-15(2)12-17(24-8-10-27-11-9-24)14-22-20(21-3)23-16-6-7-18(25-4)19(13-16)26-5/h6-7,13,15,17H,8-12,14H2,1-5H3,(H2,21,22,23). The van der Waals surface area contributed by atoms with E-state index >= 15 is 0 Å². The third-order valence-electron chi connectivity index (χ3n) is 4.68. The van der Waals surface area contributed by atoms with E-state index in [9.17, 15) is 0 Å². The molecule has 1 fully saturated rings. The summed E-state index contributed by atoms with van der Waals surface area (Å²) in [5, 5.41) is 6.80. The van der Waals surface area contributed by atoms with Gasteiger partial charge in [0, 0.05) is 44.5 Å². The first-order valence-corrected chi connectivity index (χ1v) is 9.58. The molecule has 1 heterocycles. The van der Waals surface area contributed by atoms with Crippen molar-refractivity contribution in [3.05, 3.63) is 18.2 Å². The Kier molecular flexibility index (Phi) is 8.67. The molecule has 0 aliphatic carbocycles. The molecular weight excluding hydrogens is 344 g/mol. The molecule has 0 spiro atoms. The first kappa shape index (κ1) is 21.3. The lowest BCUT2D eigenvalue weighted by atomic mass is 10.0. The van der Waals surface area contributed by atoms with E-state index in [-0.39, 0.29) is 0 Å². The highest BCUT2D eigenvalue weighted by molar-refractivity contribution is 5.93. The molecule has 1 saturated heterocycles. The first-order chi connectivity index (χ1) is 13.1. The van der Waals surface area contributed by atoms with Crippen molar-refractivity contribution >= 4 is 11.6 Å². The number of aliphatic imine (C=N–C) groups is 1. The number of benzene rings is 1. The maximum Gasteiger partial charge on any atom is 0.195 e. The zero-order chi connectivity index (χ0) is 19.6. The van der Waals surface area contributed by atoms with E-state index in [0.717, 1.165) is 50.9 Å². The van der Waals surface area contributed by atoms with Gasteiger partial charge in [-0.3, -0.25) is 9.89 Å². The normalized spacial score (nSPS) is 16.9. The molecule has 1 aromatic rings. The lowest BCUT2D eigenvalue weighted by molar-refractivity contribution is 0.0133. The molecule has 0 aromatic heterocycles. The van der Waals surface area contributed by atoms with Gasteiger partial charge in [-0.05, 0) is 24.5 Å². The summed E-state index contributed by atoms with van der Waals surface area (Å²) in [6, 6.07) is 6.18. The van der Waals surface area contributed by atoms with Crippen molar-refractivity contribution in [2.45, 2.75) is 26.3 Å². The van der Waals surface area contributed by atoms with Crippen molar-refractivity contribution in [3.8, 4) is 11.5 Å². The van der Waals surface area contributed by atoms with Crippen molar-refractivity contribution in [3.63, 3.8) is 0 Å². The number of hydrogen-bond donors (Lipinski definition) is 2. The van der Waals surface area contributed by atoms with Crippen LogP contribution in [0.15, 0.2) is 23.2 Å². The Balaban J connectivity index is 1.98. The van der Waals surface area contributed by atoms with E-state index < -0.39 is 0 Å². The number of ether oxygens (including phenoxy) is 3. The van der Waals surface area contributed by atoms with Crippen LogP contribution in [0.3, 0.4) is 0 Å². The fraction of sp³-hybridized carbons (Fsp3) is 0.650. The molecule has 0 saturated carbocycles. The Morgan fingerprint density at radius 2 is 1.89 bits per heavy atom. The van der Waals surface area contributed by atoms with Crippen molar-refractivity contribution in [1.29, 1.82) is 0 Å². The Labute approximate surface area is 163 Å². The Morgan fingerprint density at radius 1 is 1.19 bits per heavy atom. The van der Waals surface area contributed by atoms with Gasteiger partial charge in [0.25, 0.3) is 0 Å². The quantitative estimate of drug-likeness (QED) is 0.535. The smallest absolute Gasteiger partial charge is 0.195 e. The molecular formula is C20H34N4O3. The highest BCUT2D eigenvalue weighted by Gasteiger charge is 2.22. The molecule has 27 heavy (non-hydrogen) atoms. The molecule has 152 valence electrons. The second-order valence-electron chi connectivity index (χ2n) is 7.08. The van der Waals surface area contributed by atoms with Crippen LogP contribution in [0.4, 0.5) is 5.69 Å². The zero-order valence-electron chi connectivity index (χ0n) is 17.2. The van der Waals surface area contributed by atoms with Gasteiger partial charge in [0.1, 0.15) is 0 Å². The topological polar surface area (TPSA) is 67.4 Å². The van der Waals surface area contributed by atoms with Crippen LogP contribution in [0.1, 0.15) is 20.3 Å². The molecule has 0 radical (unpaired) electrons. The molecule has 0 amide bonds. The molecule has 1 unspecified atom stereocenters. The summed E-state index contributed by atoms with van der Waals surface area (Å²) in [7, 11) is 5.04. The number of nitrogens with one attached hydrogen (secondary N) is 2. The van der Waals surface area contributed by atoms with Crippen LogP contribution >= 0.6 is 0 Å². The number of hydrogen-bond acceptors (Lipinski definition) is 5. The zero-order valence-corrected chi connectivity index (χ0v) is 17.2. The fourth-order valence-electron chi connectivity index (χ4n) is 3.29. The summed E-state index contributed by atoms with van der Waals surface area (Å²) in [5.41, 5.74) is 0.896. The average molecular weight is 379 g/mol. The van der Waals surface area contributed by atoms with Crippen LogP contribution < -0.4 is 20.1 Å². The fourth-order valence-corrected chi connectivity index (χ4v) is 3.29. The van der Waals surface area contributed by atoms with Crippen molar-refractivity contribution in [2.75, 3.05) is 59.4 Å². The first-order valence-electron chi connectivity index (χ1n) is 9.58. The van der Waals surface area contributed by atoms with Gasteiger partial charge >= 0.3 is 0 Å². The molecule has 7 heteroatoms. The second-order valence-corrected chi connectivity index (χ2v) is 7.08. The van der Waals surface area contributed by atoms with Gasteiger partial charge in [-0.15, -0.1) is 0 Å². The van der Waals surface area contributed by atoms with Crippen LogP contribution in [0.25, 0.3) is 0 Å². The van der Waals surface area contributed by atoms with Crippen LogP contribution in [0.5, 0.6) is 11.5 Å². The number of guanidine groups is 1. The minimum Gasteiger partial charge on any atom is -0.493 e. The minimum absolute atomic E-state index is 0.456. The second kappa shape index (κ2) is 11.0. The molecule has 1 aliphatic heterocycles. The molecule has 2 rings (SSSR count). The van der Waals surface area contributed by atoms with Gasteiger partial charge in [0.15, 0.2) is 17.5 Å². The van der Waals surface area contributed by atoms with E-state index in [0.29, 0.717) is 23.5 Å². The highest BCUT2D eigenvalue weighted by atomic mass is 16.5. The average Bonchev–Trinajstić information content (AvgIpc) is 2.70. The third-order valence-corrected chi connectivity index (χ3v) is 4.68. The summed E-state index contributed by atoms with van der Waals surface area (Å²) in [5.74, 6) is 2.77. The molecule has 2 N–H and O–H groups in total. The lowest BCUT2D eigenvalue weighted by Gasteiger charge is -2.35. The van der Waals surface area contributed by atoms with E-state index in [1.54, 1.807) is 21.3 Å². The minimum atomic E-state index is 0.456. The van der Waals surface area contributed by atoms with Crippen LogP contribution in [-0.2, 0) is 4.74 Å². The van der Waals surface area contributed by atoms with Crippen molar-refractivity contribution in [1.82, 2.24) is 10.2 Å². The molecule has 1 aromatic carbocycles. The summed E-state index contributed by atoms with van der Waals surface area (Å²) in [4.78, 5) is 6.87. The number of rotatable bonds is 8. The molecule has 0 bridgehead atoms. The van der Waals surface area contributed by atoms with Crippen LogP contribution in [0.2, 0.25) is 0 Å². The summed E-state index contributed by atoms with van der Waals surface area (Å²) in [6.45, 7) is 8.97. The van der Waals surface area contributed by atoms with Crippen molar-refractivity contribution < 1.29 is 14.2 Å². The molecule has 1 atom stereocenters. The lowest BCUT2D eigenvalue weighted by Crippen LogP contribution is -2.50. The number of methoxy groups -OCH3 is 2. The number of anilines is 1. The summed E-state index contributed by atoms with van der Waals surface area (Å²) >= 11 is 0. The third kappa shape index (κ3) is 6.59. The SMILES string of the molecule is CN=C(NCC(CC(C)C)N1CCOCC1)Nc1ccc(OC)c(OC)c1. The van der Waals surface area contributed by atoms with E-state index in [4.69, 9.17) is 14.2 Å². The Morgan fingerprint density at radius 3 is 2.48 bits per heavy atom.